The average Bonchev–Trinajstić information content (AvgIpc) is 2.63. The number of hydrogen-bond acceptors (Lipinski definition) is 2. The van der Waals surface area contributed by atoms with Crippen molar-refractivity contribution in [2.45, 2.75) is 33.1 Å². The average molecular weight is 350 g/mol. The first-order valence-electron chi connectivity index (χ1n) is 8.77. The number of amides is 2. The summed E-state index contributed by atoms with van der Waals surface area (Å²) in [5.74, 6) is -0.290. The Bertz CT molecular complexity index is 782. The van der Waals surface area contributed by atoms with E-state index in [1.807, 2.05) is 50.3 Å². The molecule has 0 fully saturated rings. The van der Waals surface area contributed by atoms with Crippen LogP contribution in [0.1, 0.15) is 38.7 Å². The van der Waals surface area contributed by atoms with Gasteiger partial charge in [0, 0.05) is 23.7 Å². The van der Waals surface area contributed by atoms with E-state index in [9.17, 15) is 9.59 Å². The van der Waals surface area contributed by atoms with Crippen molar-refractivity contribution in [2.24, 2.45) is 5.41 Å². The van der Waals surface area contributed by atoms with Crippen LogP contribution in [0.4, 0.5) is 11.4 Å². The second-order valence-electron chi connectivity index (χ2n) is 6.78. The standard InChI is InChI=1S/C22H26N2O2/c1-5-19(16-11-8-7-9-12-16)22(3,4)21(26)24-18-14-10-13-17(15-18)23-20(25)6-2/h5,7-15,19H,1,6H2,2-4H3,(H,23,25)(H,24,26). The Hall–Kier alpha value is -2.88. The highest BCUT2D eigenvalue weighted by molar-refractivity contribution is 5.97. The monoisotopic (exact) mass is 350 g/mol. The lowest BCUT2D eigenvalue weighted by Crippen LogP contribution is -2.35. The Kier molecular flexibility index (Phi) is 6.34. The molecule has 0 aromatic heterocycles. The first-order valence-corrected chi connectivity index (χ1v) is 8.77. The third-order valence-electron chi connectivity index (χ3n) is 4.48. The second kappa shape index (κ2) is 8.48. The lowest BCUT2D eigenvalue weighted by Gasteiger charge is -2.31. The fraction of sp³-hybridized carbons (Fsp3) is 0.273. The molecule has 1 atom stereocenters. The zero-order valence-electron chi connectivity index (χ0n) is 15.6. The molecule has 2 aromatic rings. The molecule has 0 aliphatic heterocycles. The second-order valence-corrected chi connectivity index (χ2v) is 6.78. The highest BCUT2D eigenvalue weighted by Crippen LogP contribution is 2.37. The van der Waals surface area contributed by atoms with Crippen molar-refractivity contribution >= 4 is 23.2 Å². The minimum Gasteiger partial charge on any atom is -0.326 e. The summed E-state index contributed by atoms with van der Waals surface area (Å²) in [6.45, 7) is 9.53. The van der Waals surface area contributed by atoms with E-state index in [0.29, 0.717) is 17.8 Å². The van der Waals surface area contributed by atoms with Gasteiger partial charge in [-0.15, -0.1) is 6.58 Å². The fourth-order valence-electron chi connectivity index (χ4n) is 2.87. The highest BCUT2D eigenvalue weighted by atomic mass is 16.2. The van der Waals surface area contributed by atoms with E-state index in [0.717, 1.165) is 5.56 Å². The number of benzene rings is 2. The Labute approximate surface area is 155 Å². The topological polar surface area (TPSA) is 58.2 Å². The SMILES string of the molecule is C=CC(c1ccccc1)C(C)(C)C(=O)Nc1cccc(NC(=O)CC)c1. The van der Waals surface area contributed by atoms with Gasteiger partial charge in [-0.1, -0.05) is 63.2 Å². The lowest BCUT2D eigenvalue weighted by molar-refractivity contribution is -0.124. The molecule has 1 unspecified atom stereocenters. The van der Waals surface area contributed by atoms with Gasteiger partial charge in [0.15, 0.2) is 0 Å². The number of rotatable bonds is 7. The van der Waals surface area contributed by atoms with Crippen LogP contribution in [-0.2, 0) is 9.59 Å². The van der Waals surface area contributed by atoms with Gasteiger partial charge in [-0.25, -0.2) is 0 Å². The predicted molar refractivity (Wildman–Crippen MR) is 107 cm³/mol. The van der Waals surface area contributed by atoms with Gasteiger partial charge in [0.2, 0.25) is 11.8 Å². The summed E-state index contributed by atoms with van der Waals surface area (Å²) in [5.41, 5.74) is 1.67. The molecule has 0 saturated heterocycles. The van der Waals surface area contributed by atoms with Crippen LogP contribution in [0.2, 0.25) is 0 Å². The van der Waals surface area contributed by atoms with Gasteiger partial charge in [0.25, 0.3) is 0 Å². The molecule has 0 spiro atoms. The van der Waals surface area contributed by atoms with Crippen molar-refractivity contribution in [3.8, 4) is 0 Å². The Morgan fingerprint density at radius 3 is 2.23 bits per heavy atom. The Morgan fingerprint density at radius 2 is 1.65 bits per heavy atom. The van der Waals surface area contributed by atoms with Crippen molar-refractivity contribution in [1.29, 1.82) is 0 Å². The van der Waals surface area contributed by atoms with Gasteiger partial charge < -0.3 is 10.6 Å². The van der Waals surface area contributed by atoms with Crippen LogP contribution in [0.5, 0.6) is 0 Å². The molecular formula is C22H26N2O2. The Morgan fingerprint density at radius 1 is 1.04 bits per heavy atom. The summed E-state index contributed by atoms with van der Waals surface area (Å²) in [7, 11) is 0. The molecular weight excluding hydrogens is 324 g/mol. The maximum absolute atomic E-state index is 13.0. The van der Waals surface area contributed by atoms with E-state index < -0.39 is 5.41 Å². The Balaban J connectivity index is 2.18. The molecule has 4 heteroatoms. The van der Waals surface area contributed by atoms with E-state index in [-0.39, 0.29) is 17.7 Å². The quantitative estimate of drug-likeness (QED) is 0.693. The number of nitrogens with one attached hydrogen (secondary N) is 2. The van der Waals surface area contributed by atoms with Crippen molar-refractivity contribution in [3.05, 3.63) is 72.8 Å². The summed E-state index contributed by atoms with van der Waals surface area (Å²) in [6.07, 6.45) is 2.22. The molecule has 0 saturated carbocycles. The fourth-order valence-corrected chi connectivity index (χ4v) is 2.87. The van der Waals surface area contributed by atoms with E-state index in [1.54, 1.807) is 31.2 Å². The van der Waals surface area contributed by atoms with Crippen LogP contribution in [-0.4, -0.2) is 11.8 Å². The van der Waals surface area contributed by atoms with Gasteiger partial charge in [-0.2, -0.15) is 0 Å². The van der Waals surface area contributed by atoms with Gasteiger partial charge in [0.1, 0.15) is 0 Å². The number of anilines is 2. The van der Waals surface area contributed by atoms with Crippen LogP contribution in [0.25, 0.3) is 0 Å². The zero-order valence-corrected chi connectivity index (χ0v) is 15.6. The number of carbonyl (C=O) groups excluding carboxylic acids is 2. The van der Waals surface area contributed by atoms with Crippen LogP contribution in [0.15, 0.2) is 67.3 Å². The minimum absolute atomic E-state index is 0.0652. The molecule has 2 N–H and O–H groups in total. The summed E-state index contributed by atoms with van der Waals surface area (Å²) >= 11 is 0. The molecule has 2 rings (SSSR count). The first kappa shape index (κ1) is 19.4. The number of hydrogen-bond donors (Lipinski definition) is 2. The highest BCUT2D eigenvalue weighted by Gasteiger charge is 2.36. The first-order chi connectivity index (χ1) is 12.4. The van der Waals surface area contributed by atoms with Crippen LogP contribution in [0, 0.1) is 5.41 Å². The van der Waals surface area contributed by atoms with Crippen LogP contribution < -0.4 is 10.6 Å². The molecule has 2 amide bonds. The maximum atomic E-state index is 13.0. The molecule has 0 aliphatic carbocycles. The van der Waals surface area contributed by atoms with Crippen LogP contribution in [0.3, 0.4) is 0 Å². The third-order valence-corrected chi connectivity index (χ3v) is 4.48. The van der Waals surface area contributed by atoms with Crippen LogP contribution >= 0.6 is 0 Å². The van der Waals surface area contributed by atoms with Crippen molar-refractivity contribution in [3.63, 3.8) is 0 Å². The third kappa shape index (κ3) is 4.60. The summed E-state index contributed by atoms with van der Waals surface area (Å²) in [6, 6.07) is 17.0. The van der Waals surface area contributed by atoms with Crippen molar-refractivity contribution in [2.75, 3.05) is 10.6 Å². The molecule has 0 heterocycles. The normalized spacial score (nSPS) is 12.1. The van der Waals surface area contributed by atoms with Crippen molar-refractivity contribution < 1.29 is 9.59 Å². The number of carbonyl (C=O) groups is 2. The predicted octanol–water partition coefficient (Wildman–Crippen LogP) is 4.97. The summed E-state index contributed by atoms with van der Waals surface area (Å²) in [4.78, 5) is 24.5. The number of allylic oxidation sites excluding steroid dienone is 1. The van der Waals surface area contributed by atoms with E-state index in [2.05, 4.69) is 17.2 Å². The molecule has 2 aromatic carbocycles. The van der Waals surface area contributed by atoms with Gasteiger partial charge in [0.05, 0.1) is 5.41 Å². The van der Waals surface area contributed by atoms with Gasteiger partial charge >= 0.3 is 0 Å². The van der Waals surface area contributed by atoms with E-state index >= 15 is 0 Å². The van der Waals surface area contributed by atoms with Gasteiger partial charge in [-0.3, -0.25) is 9.59 Å². The summed E-state index contributed by atoms with van der Waals surface area (Å²) in [5, 5.41) is 5.76. The molecule has 0 aliphatic rings. The molecule has 4 nitrogen and oxygen atoms in total. The van der Waals surface area contributed by atoms with E-state index in [1.165, 1.54) is 0 Å². The van der Waals surface area contributed by atoms with Crippen molar-refractivity contribution in [1.82, 2.24) is 0 Å². The largest absolute Gasteiger partial charge is 0.326 e. The lowest BCUT2D eigenvalue weighted by atomic mass is 9.74. The molecule has 0 radical (unpaired) electrons. The molecule has 0 bridgehead atoms. The van der Waals surface area contributed by atoms with Gasteiger partial charge in [-0.05, 0) is 23.8 Å². The zero-order chi connectivity index (χ0) is 19.2. The smallest absolute Gasteiger partial charge is 0.230 e. The molecule has 136 valence electrons. The van der Waals surface area contributed by atoms with E-state index in [4.69, 9.17) is 0 Å². The minimum atomic E-state index is -0.689. The molecule has 26 heavy (non-hydrogen) atoms. The summed E-state index contributed by atoms with van der Waals surface area (Å²) < 4.78 is 0. The maximum Gasteiger partial charge on any atom is 0.230 e.